The Morgan fingerprint density at radius 3 is 2.49 bits per heavy atom. The van der Waals surface area contributed by atoms with Crippen LogP contribution in [0.25, 0.3) is 11.2 Å². The van der Waals surface area contributed by atoms with Crippen LogP contribution in [0.15, 0.2) is 29.1 Å². The Hall–Kier alpha value is -2.91. The maximum atomic E-state index is 13.3. The fraction of sp³-hybridized carbons (Fsp3) is 0.577. The van der Waals surface area contributed by atoms with Gasteiger partial charge in [0.2, 0.25) is 5.82 Å². The zero-order valence-electron chi connectivity index (χ0n) is 20.8. The SMILES string of the molecule is CCn1c(=O)n(Cc2cccc(CN(CC3CC3)CC3CC3)c2)c2[nH+]c(OCCOC)nc(N)c21. The van der Waals surface area contributed by atoms with E-state index in [9.17, 15) is 4.79 Å². The smallest absolute Gasteiger partial charge is 0.433 e. The normalized spacial score (nSPS) is 15.9. The lowest BCUT2D eigenvalue weighted by molar-refractivity contribution is -0.373. The van der Waals surface area contributed by atoms with Crippen LogP contribution in [-0.2, 0) is 24.4 Å². The van der Waals surface area contributed by atoms with E-state index in [2.05, 4.69) is 39.1 Å². The molecular weight excluding hydrogens is 444 g/mol. The Balaban J connectivity index is 1.41. The molecule has 3 aromatic rings. The summed E-state index contributed by atoms with van der Waals surface area (Å²) in [6.07, 6.45) is 5.49. The summed E-state index contributed by atoms with van der Waals surface area (Å²) in [7, 11) is 1.61. The van der Waals surface area contributed by atoms with Crippen LogP contribution in [0.5, 0.6) is 6.01 Å². The number of aryl methyl sites for hydroxylation is 1. The first-order valence-electron chi connectivity index (χ1n) is 12.8. The monoisotopic (exact) mass is 481 g/mol. The summed E-state index contributed by atoms with van der Waals surface area (Å²) in [5.74, 6) is 2.03. The van der Waals surface area contributed by atoms with Crippen molar-refractivity contribution in [3.8, 4) is 6.01 Å². The number of fused-ring (bicyclic) bond motifs is 1. The van der Waals surface area contributed by atoms with Crippen LogP contribution in [0.2, 0.25) is 0 Å². The van der Waals surface area contributed by atoms with E-state index >= 15 is 0 Å². The maximum Gasteiger partial charge on any atom is 0.433 e. The summed E-state index contributed by atoms with van der Waals surface area (Å²) < 4.78 is 14.1. The summed E-state index contributed by atoms with van der Waals surface area (Å²) >= 11 is 0. The number of imidazole rings is 1. The molecule has 9 nitrogen and oxygen atoms in total. The van der Waals surface area contributed by atoms with Crippen molar-refractivity contribution < 1.29 is 14.5 Å². The van der Waals surface area contributed by atoms with Gasteiger partial charge in [-0.1, -0.05) is 24.3 Å². The summed E-state index contributed by atoms with van der Waals surface area (Å²) in [6.45, 7) is 7.03. The van der Waals surface area contributed by atoms with E-state index in [0.717, 1.165) is 23.9 Å². The molecule has 0 aliphatic heterocycles. The summed E-state index contributed by atoms with van der Waals surface area (Å²) in [4.78, 5) is 23.4. The van der Waals surface area contributed by atoms with Gasteiger partial charge in [-0.25, -0.2) is 14.3 Å². The predicted octanol–water partition coefficient (Wildman–Crippen LogP) is 2.31. The molecule has 0 spiro atoms. The largest absolute Gasteiger partial charge is 0.438 e. The number of nitrogen functional groups attached to an aromatic ring is 1. The minimum Gasteiger partial charge on any atom is -0.438 e. The van der Waals surface area contributed by atoms with E-state index in [1.54, 1.807) is 16.2 Å². The van der Waals surface area contributed by atoms with Crippen molar-refractivity contribution in [1.29, 1.82) is 0 Å². The van der Waals surface area contributed by atoms with Crippen LogP contribution in [0.1, 0.15) is 43.7 Å². The number of H-pyrrole nitrogens is 1. The van der Waals surface area contributed by atoms with E-state index in [0.29, 0.717) is 37.5 Å². The molecule has 0 radical (unpaired) electrons. The van der Waals surface area contributed by atoms with Crippen molar-refractivity contribution in [2.75, 3.05) is 39.1 Å². The number of benzene rings is 1. The first-order chi connectivity index (χ1) is 17.1. The van der Waals surface area contributed by atoms with Crippen molar-refractivity contribution in [3.63, 3.8) is 0 Å². The first-order valence-corrected chi connectivity index (χ1v) is 12.8. The van der Waals surface area contributed by atoms with E-state index in [1.807, 2.05) is 6.92 Å². The lowest BCUT2D eigenvalue weighted by Crippen LogP contribution is -2.28. The second kappa shape index (κ2) is 10.4. The molecular formula is C26H37N6O3+. The molecule has 2 heterocycles. The third kappa shape index (κ3) is 5.67. The van der Waals surface area contributed by atoms with Crippen LogP contribution >= 0.6 is 0 Å². The first kappa shape index (κ1) is 23.8. The van der Waals surface area contributed by atoms with Gasteiger partial charge in [0.25, 0.3) is 5.65 Å². The number of anilines is 1. The molecule has 0 unspecified atom stereocenters. The van der Waals surface area contributed by atoms with Gasteiger partial charge in [-0.2, -0.15) is 0 Å². The predicted molar refractivity (Wildman–Crippen MR) is 134 cm³/mol. The number of hydrogen-bond donors (Lipinski definition) is 1. The van der Waals surface area contributed by atoms with Crippen LogP contribution in [0, 0.1) is 11.8 Å². The fourth-order valence-corrected chi connectivity index (χ4v) is 4.80. The van der Waals surface area contributed by atoms with Crippen LogP contribution in [0.3, 0.4) is 0 Å². The number of aromatic amines is 1. The molecule has 5 rings (SSSR count). The average molecular weight is 482 g/mol. The summed E-state index contributed by atoms with van der Waals surface area (Å²) in [6, 6.07) is 8.88. The van der Waals surface area contributed by atoms with Crippen molar-refractivity contribution >= 4 is 17.0 Å². The number of nitrogens with zero attached hydrogens (tertiary/aromatic N) is 4. The highest BCUT2D eigenvalue weighted by Crippen LogP contribution is 2.34. The molecule has 0 atom stereocenters. The van der Waals surface area contributed by atoms with E-state index in [1.165, 1.54) is 44.3 Å². The molecule has 1 aromatic carbocycles. The standard InChI is InChI=1S/C26H36N6O3/c1-3-31-22-23(27)28-25(35-12-11-34-2)29-24(22)32(26(31)33)17-21-6-4-5-20(13-21)16-30(14-18-7-8-18)15-19-9-10-19/h4-6,13,18-19H,3,7-12,14-17H2,1-2H3,(H2,27,28,29)/p+1. The highest BCUT2D eigenvalue weighted by Gasteiger charge is 2.29. The van der Waals surface area contributed by atoms with Crippen molar-refractivity contribution in [2.45, 2.75) is 52.2 Å². The molecule has 188 valence electrons. The van der Waals surface area contributed by atoms with Crippen LogP contribution < -0.4 is 21.1 Å². The third-order valence-electron chi connectivity index (χ3n) is 6.92. The zero-order chi connectivity index (χ0) is 24.4. The molecule has 2 saturated carbocycles. The average Bonchev–Trinajstić information content (AvgIpc) is 3.77. The van der Waals surface area contributed by atoms with Gasteiger partial charge < -0.3 is 15.2 Å². The Morgan fingerprint density at radius 1 is 1.11 bits per heavy atom. The Bertz CT molecular complexity index is 1210. The van der Waals surface area contributed by atoms with Crippen molar-refractivity contribution in [3.05, 3.63) is 45.9 Å². The second-order valence-corrected chi connectivity index (χ2v) is 9.98. The number of rotatable bonds is 13. The minimum atomic E-state index is -0.115. The fourth-order valence-electron chi connectivity index (χ4n) is 4.80. The number of aromatic nitrogens is 4. The molecule has 0 amide bonds. The quantitative estimate of drug-likeness (QED) is 0.376. The van der Waals surface area contributed by atoms with Gasteiger partial charge in [-0.3, -0.25) is 9.47 Å². The highest BCUT2D eigenvalue weighted by atomic mass is 16.5. The van der Waals surface area contributed by atoms with Gasteiger partial charge in [-0.15, -0.1) is 0 Å². The summed E-state index contributed by atoms with van der Waals surface area (Å²) in [5, 5.41) is 0. The molecule has 2 fully saturated rings. The minimum absolute atomic E-state index is 0.115. The van der Waals surface area contributed by atoms with Crippen molar-refractivity contribution in [1.82, 2.24) is 19.0 Å². The number of nitrogens with one attached hydrogen (secondary N) is 1. The lowest BCUT2D eigenvalue weighted by atomic mass is 10.1. The number of nitrogens with two attached hydrogens (primary N) is 1. The number of ether oxygens (including phenoxy) is 2. The lowest BCUT2D eigenvalue weighted by Gasteiger charge is -2.22. The Kier molecular flexibility index (Phi) is 7.06. The van der Waals surface area contributed by atoms with E-state index < -0.39 is 0 Å². The van der Waals surface area contributed by atoms with Crippen LogP contribution in [0.4, 0.5) is 5.82 Å². The topological polar surface area (TPSA) is 102 Å². The second-order valence-electron chi connectivity index (χ2n) is 9.98. The van der Waals surface area contributed by atoms with Crippen LogP contribution in [-0.4, -0.2) is 52.4 Å². The van der Waals surface area contributed by atoms with E-state index in [4.69, 9.17) is 15.2 Å². The van der Waals surface area contributed by atoms with E-state index in [-0.39, 0.29) is 17.5 Å². The van der Waals surface area contributed by atoms with Gasteiger partial charge in [0.1, 0.15) is 6.61 Å². The number of hydrogen-bond acceptors (Lipinski definition) is 6. The molecule has 35 heavy (non-hydrogen) atoms. The maximum absolute atomic E-state index is 13.3. The van der Waals surface area contributed by atoms with Gasteiger partial charge in [0.15, 0.2) is 5.52 Å². The van der Waals surface area contributed by atoms with Gasteiger partial charge in [-0.05, 0) is 60.6 Å². The summed E-state index contributed by atoms with van der Waals surface area (Å²) in [5.41, 5.74) is 9.75. The molecule has 9 heteroatoms. The Morgan fingerprint density at radius 2 is 1.83 bits per heavy atom. The third-order valence-corrected chi connectivity index (χ3v) is 6.92. The molecule has 0 bridgehead atoms. The highest BCUT2D eigenvalue weighted by molar-refractivity contribution is 5.80. The molecule has 3 N–H and O–H groups in total. The Labute approximate surface area is 205 Å². The molecule has 2 aromatic heterocycles. The molecule has 0 saturated heterocycles. The molecule has 2 aliphatic carbocycles. The molecule has 2 aliphatic rings. The van der Waals surface area contributed by atoms with Gasteiger partial charge in [0, 0.05) is 33.3 Å². The van der Waals surface area contributed by atoms with Gasteiger partial charge in [0.05, 0.1) is 13.2 Å². The van der Waals surface area contributed by atoms with Gasteiger partial charge >= 0.3 is 11.7 Å². The number of methoxy groups -OCH3 is 1. The zero-order valence-corrected chi connectivity index (χ0v) is 20.8. The van der Waals surface area contributed by atoms with Crippen molar-refractivity contribution in [2.24, 2.45) is 11.8 Å².